The topological polar surface area (TPSA) is 37.8 Å². The molecular formula is C22H21N3S. The predicted molar refractivity (Wildman–Crippen MR) is 110 cm³/mol. The SMILES string of the molecule is Cc1csc2ncnc(NCCC(c3ccccc3)c3ccccc3)c12. The fourth-order valence-corrected chi connectivity index (χ4v) is 4.27. The van der Waals surface area contributed by atoms with Crippen LogP contribution in [0.25, 0.3) is 10.2 Å². The van der Waals surface area contributed by atoms with Gasteiger partial charge in [0.25, 0.3) is 0 Å². The number of anilines is 1. The van der Waals surface area contributed by atoms with Gasteiger partial charge in [0.15, 0.2) is 0 Å². The molecule has 26 heavy (non-hydrogen) atoms. The lowest BCUT2D eigenvalue weighted by Gasteiger charge is -2.19. The van der Waals surface area contributed by atoms with Crippen LogP contribution in [0.4, 0.5) is 5.82 Å². The zero-order valence-electron chi connectivity index (χ0n) is 14.7. The molecule has 4 rings (SSSR count). The van der Waals surface area contributed by atoms with Crippen molar-refractivity contribution < 1.29 is 0 Å². The van der Waals surface area contributed by atoms with E-state index in [1.807, 2.05) is 0 Å². The number of benzene rings is 2. The van der Waals surface area contributed by atoms with Crippen molar-refractivity contribution in [2.45, 2.75) is 19.3 Å². The van der Waals surface area contributed by atoms with Crippen molar-refractivity contribution in [1.82, 2.24) is 9.97 Å². The average Bonchev–Trinajstić information content (AvgIpc) is 3.08. The van der Waals surface area contributed by atoms with Crippen LogP contribution in [0.1, 0.15) is 29.0 Å². The molecule has 0 bridgehead atoms. The minimum absolute atomic E-state index is 0.366. The number of hydrogen-bond donors (Lipinski definition) is 1. The Morgan fingerprint density at radius 1 is 0.923 bits per heavy atom. The molecule has 0 fully saturated rings. The fraction of sp³-hybridized carbons (Fsp3) is 0.182. The molecule has 2 heterocycles. The Morgan fingerprint density at radius 2 is 1.58 bits per heavy atom. The van der Waals surface area contributed by atoms with Crippen molar-refractivity contribution >= 4 is 27.4 Å². The molecule has 130 valence electrons. The van der Waals surface area contributed by atoms with Gasteiger partial charge < -0.3 is 5.32 Å². The molecule has 0 aliphatic heterocycles. The molecule has 0 saturated heterocycles. The Hall–Kier alpha value is -2.72. The van der Waals surface area contributed by atoms with E-state index in [0.717, 1.165) is 29.0 Å². The summed E-state index contributed by atoms with van der Waals surface area (Å²) >= 11 is 1.67. The molecular weight excluding hydrogens is 338 g/mol. The Kier molecular flexibility index (Phi) is 4.93. The normalized spacial score (nSPS) is 11.2. The number of rotatable bonds is 6. The Morgan fingerprint density at radius 3 is 2.23 bits per heavy atom. The van der Waals surface area contributed by atoms with Crippen LogP contribution < -0.4 is 5.32 Å². The number of nitrogens with one attached hydrogen (secondary N) is 1. The third-order valence-corrected chi connectivity index (χ3v) is 5.69. The molecule has 2 aromatic carbocycles. The number of nitrogens with zero attached hydrogens (tertiary/aromatic N) is 2. The lowest BCUT2D eigenvalue weighted by Crippen LogP contribution is -2.10. The van der Waals surface area contributed by atoms with Crippen LogP contribution in [0.3, 0.4) is 0 Å². The van der Waals surface area contributed by atoms with Crippen LogP contribution in [0.15, 0.2) is 72.4 Å². The summed E-state index contributed by atoms with van der Waals surface area (Å²) < 4.78 is 0. The van der Waals surface area contributed by atoms with Gasteiger partial charge in [-0.15, -0.1) is 11.3 Å². The van der Waals surface area contributed by atoms with Gasteiger partial charge >= 0.3 is 0 Å². The Labute approximate surface area is 157 Å². The minimum Gasteiger partial charge on any atom is -0.369 e. The van der Waals surface area contributed by atoms with E-state index in [-0.39, 0.29) is 0 Å². The van der Waals surface area contributed by atoms with Crippen molar-refractivity contribution in [2.75, 3.05) is 11.9 Å². The largest absolute Gasteiger partial charge is 0.369 e. The van der Waals surface area contributed by atoms with Gasteiger partial charge in [-0.05, 0) is 35.4 Å². The molecule has 0 aliphatic rings. The first-order valence-corrected chi connectivity index (χ1v) is 9.73. The third-order valence-electron chi connectivity index (χ3n) is 4.68. The Bertz CT molecular complexity index is 941. The van der Waals surface area contributed by atoms with Crippen LogP contribution in [0.5, 0.6) is 0 Å². The van der Waals surface area contributed by atoms with E-state index in [1.54, 1.807) is 17.7 Å². The number of hydrogen-bond acceptors (Lipinski definition) is 4. The quantitative estimate of drug-likeness (QED) is 0.484. The molecule has 0 unspecified atom stereocenters. The standard InChI is InChI=1S/C22H21N3S/c1-16-14-26-22-20(16)21(24-15-25-22)23-13-12-19(17-8-4-2-5-9-17)18-10-6-3-7-11-18/h2-11,14-15,19H,12-13H2,1H3,(H,23,24,25). The molecule has 3 nitrogen and oxygen atoms in total. The van der Waals surface area contributed by atoms with Crippen molar-refractivity contribution in [2.24, 2.45) is 0 Å². The third kappa shape index (κ3) is 3.46. The second kappa shape index (κ2) is 7.67. The first-order valence-electron chi connectivity index (χ1n) is 8.85. The predicted octanol–water partition coefficient (Wildman–Crippen LogP) is 5.63. The summed E-state index contributed by atoms with van der Waals surface area (Å²) in [4.78, 5) is 9.88. The second-order valence-electron chi connectivity index (χ2n) is 6.41. The molecule has 0 saturated carbocycles. The van der Waals surface area contributed by atoms with Gasteiger partial charge in [-0.25, -0.2) is 9.97 Å². The highest BCUT2D eigenvalue weighted by Crippen LogP contribution is 2.30. The van der Waals surface area contributed by atoms with Crippen LogP contribution in [0, 0.1) is 6.92 Å². The molecule has 0 atom stereocenters. The maximum atomic E-state index is 4.47. The smallest absolute Gasteiger partial charge is 0.138 e. The summed E-state index contributed by atoms with van der Waals surface area (Å²) in [6, 6.07) is 21.4. The van der Waals surface area contributed by atoms with E-state index in [0.29, 0.717) is 5.92 Å². The summed E-state index contributed by atoms with van der Waals surface area (Å²) in [7, 11) is 0. The molecule has 0 spiro atoms. The molecule has 1 N–H and O–H groups in total. The van der Waals surface area contributed by atoms with Gasteiger partial charge in [0.05, 0.1) is 5.39 Å². The molecule has 0 radical (unpaired) electrons. The zero-order valence-corrected chi connectivity index (χ0v) is 15.5. The second-order valence-corrected chi connectivity index (χ2v) is 7.27. The lowest BCUT2D eigenvalue weighted by atomic mass is 9.88. The maximum Gasteiger partial charge on any atom is 0.138 e. The van der Waals surface area contributed by atoms with E-state index < -0.39 is 0 Å². The molecule has 4 aromatic rings. The summed E-state index contributed by atoms with van der Waals surface area (Å²) in [5.41, 5.74) is 3.93. The fourth-order valence-electron chi connectivity index (χ4n) is 3.38. The van der Waals surface area contributed by atoms with Gasteiger partial charge in [0.1, 0.15) is 17.0 Å². The van der Waals surface area contributed by atoms with Gasteiger partial charge in [-0.3, -0.25) is 0 Å². The Balaban J connectivity index is 1.54. The highest BCUT2D eigenvalue weighted by molar-refractivity contribution is 7.17. The van der Waals surface area contributed by atoms with Crippen molar-refractivity contribution in [3.8, 4) is 0 Å². The summed E-state index contributed by atoms with van der Waals surface area (Å²) in [5.74, 6) is 1.31. The number of fused-ring (bicyclic) bond motifs is 1. The van der Waals surface area contributed by atoms with E-state index in [1.165, 1.54) is 16.7 Å². The van der Waals surface area contributed by atoms with Crippen LogP contribution in [-0.2, 0) is 0 Å². The summed E-state index contributed by atoms with van der Waals surface area (Å²) in [6.07, 6.45) is 2.65. The van der Waals surface area contributed by atoms with Crippen molar-refractivity contribution in [1.29, 1.82) is 0 Å². The number of aryl methyl sites for hydroxylation is 1. The average molecular weight is 359 g/mol. The number of thiophene rings is 1. The van der Waals surface area contributed by atoms with Crippen molar-refractivity contribution in [3.63, 3.8) is 0 Å². The molecule has 2 aromatic heterocycles. The van der Waals surface area contributed by atoms with E-state index in [2.05, 4.69) is 88.3 Å². The summed E-state index contributed by atoms with van der Waals surface area (Å²) in [5, 5.41) is 6.83. The van der Waals surface area contributed by atoms with Crippen LogP contribution >= 0.6 is 11.3 Å². The first-order chi connectivity index (χ1) is 12.8. The van der Waals surface area contributed by atoms with Gasteiger partial charge in [-0.2, -0.15) is 0 Å². The molecule has 0 aliphatic carbocycles. The van der Waals surface area contributed by atoms with Gasteiger partial charge in [0, 0.05) is 12.5 Å². The molecule has 0 amide bonds. The highest BCUT2D eigenvalue weighted by Gasteiger charge is 2.14. The maximum absolute atomic E-state index is 4.47. The highest BCUT2D eigenvalue weighted by atomic mass is 32.1. The molecule has 4 heteroatoms. The lowest BCUT2D eigenvalue weighted by molar-refractivity contribution is 0.743. The van der Waals surface area contributed by atoms with E-state index in [9.17, 15) is 0 Å². The zero-order chi connectivity index (χ0) is 17.8. The monoisotopic (exact) mass is 359 g/mol. The van der Waals surface area contributed by atoms with Crippen molar-refractivity contribution in [3.05, 3.63) is 89.1 Å². The number of aromatic nitrogens is 2. The van der Waals surface area contributed by atoms with Crippen LogP contribution in [0.2, 0.25) is 0 Å². The summed E-state index contributed by atoms with van der Waals surface area (Å²) in [6.45, 7) is 2.97. The van der Waals surface area contributed by atoms with Crippen LogP contribution in [-0.4, -0.2) is 16.5 Å². The van der Waals surface area contributed by atoms with Gasteiger partial charge in [-0.1, -0.05) is 60.7 Å². The first kappa shape index (κ1) is 16.7. The van der Waals surface area contributed by atoms with Gasteiger partial charge in [0.2, 0.25) is 0 Å². The van der Waals surface area contributed by atoms with E-state index >= 15 is 0 Å². The van der Waals surface area contributed by atoms with E-state index in [4.69, 9.17) is 0 Å². The minimum atomic E-state index is 0.366.